The molecule has 1 saturated carbocycles. The Bertz CT molecular complexity index is 364. The summed E-state index contributed by atoms with van der Waals surface area (Å²) in [5.41, 5.74) is 1.37. The smallest absolute Gasteiger partial charge is 0.0248 e. The lowest BCUT2D eigenvalue weighted by molar-refractivity contribution is 0.482. The molecule has 1 aromatic carbocycles. The van der Waals surface area contributed by atoms with E-state index < -0.39 is 0 Å². The third-order valence-electron chi connectivity index (χ3n) is 3.70. The molecular formula is C16H25NS. The summed E-state index contributed by atoms with van der Waals surface area (Å²) in [6, 6.07) is 9.63. The average molecular weight is 263 g/mol. The minimum absolute atomic E-state index is 0.697. The lowest BCUT2D eigenvalue weighted by Gasteiger charge is -2.25. The minimum atomic E-state index is 0.697. The number of nitrogens with one attached hydrogen (secondary N) is 1. The molecule has 1 aromatic rings. The van der Waals surface area contributed by atoms with Crippen LogP contribution in [0.4, 0.5) is 0 Å². The number of rotatable bonds is 4. The zero-order valence-corrected chi connectivity index (χ0v) is 12.4. The van der Waals surface area contributed by atoms with Gasteiger partial charge in [-0.1, -0.05) is 43.9 Å². The average Bonchev–Trinajstić information content (AvgIpc) is 2.56. The molecule has 100 valence electrons. The first-order valence-corrected chi connectivity index (χ1v) is 8.14. The summed E-state index contributed by atoms with van der Waals surface area (Å²) in [5.74, 6) is 0. The lowest BCUT2D eigenvalue weighted by atomic mass is 10.1. The summed E-state index contributed by atoms with van der Waals surface area (Å²) in [7, 11) is 0. The molecule has 0 saturated heterocycles. The van der Waals surface area contributed by atoms with E-state index in [-0.39, 0.29) is 0 Å². The fraction of sp³-hybridized carbons (Fsp3) is 0.625. The van der Waals surface area contributed by atoms with Gasteiger partial charge in [0.2, 0.25) is 0 Å². The normalized spacial score (nSPS) is 24.8. The van der Waals surface area contributed by atoms with E-state index in [4.69, 9.17) is 0 Å². The molecule has 1 nitrogen and oxygen atoms in total. The monoisotopic (exact) mass is 263 g/mol. The van der Waals surface area contributed by atoms with Gasteiger partial charge < -0.3 is 5.32 Å². The second kappa shape index (κ2) is 7.20. The summed E-state index contributed by atoms with van der Waals surface area (Å²) < 4.78 is 0. The van der Waals surface area contributed by atoms with Crippen molar-refractivity contribution < 1.29 is 0 Å². The first-order valence-electron chi connectivity index (χ1n) is 7.26. The fourth-order valence-corrected chi connectivity index (χ4v) is 4.22. The SMILES string of the molecule is CCNC1CCCCCC1Sc1cccc(C)c1. The number of aryl methyl sites for hydroxylation is 1. The molecule has 1 aliphatic rings. The lowest BCUT2D eigenvalue weighted by Crippen LogP contribution is -2.37. The second-order valence-electron chi connectivity index (χ2n) is 5.27. The molecule has 0 radical (unpaired) electrons. The largest absolute Gasteiger partial charge is 0.313 e. The Morgan fingerprint density at radius 2 is 2.06 bits per heavy atom. The van der Waals surface area contributed by atoms with Gasteiger partial charge in [-0.15, -0.1) is 11.8 Å². The zero-order chi connectivity index (χ0) is 12.8. The molecule has 0 amide bonds. The Hall–Kier alpha value is -0.470. The van der Waals surface area contributed by atoms with Crippen molar-refractivity contribution in [1.29, 1.82) is 0 Å². The maximum atomic E-state index is 3.69. The molecule has 2 heteroatoms. The third-order valence-corrected chi connectivity index (χ3v) is 5.09. The van der Waals surface area contributed by atoms with Crippen LogP contribution in [0.25, 0.3) is 0 Å². The zero-order valence-electron chi connectivity index (χ0n) is 11.6. The van der Waals surface area contributed by atoms with Crippen LogP contribution in [0.3, 0.4) is 0 Å². The molecule has 2 unspecified atom stereocenters. The molecule has 1 N–H and O–H groups in total. The van der Waals surface area contributed by atoms with Crippen molar-refractivity contribution in [2.75, 3.05) is 6.54 Å². The van der Waals surface area contributed by atoms with Crippen LogP contribution >= 0.6 is 11.8 Å². The van der Waals surface area contributed by atoms with E-state index in [9.17, 15) is 0 Å². The Kier molecular flexibility index (Phi) is 5.58. The molecule has 0 bridgehead atoms. The van der Waals surface area contributed by atoms with E-state index in [1.807, 2.05) is 0 Å². The highest BCUT2D eigenvalue weighted by Gasteiger charge is 2.23. The van der Waals surface area contributed by atoms with Gasteiger partial charge in [-0.05, 0) is 38.4 Å². The third kappa shape index (κ3) is 4.03. The molecule has 1 fully saturated rings. The van der Waals surface area contributed by atoms with Gasteiger partial charge in [-0.2, -0.15) is 0 Å². The van der Waals surface area contributed by atoms with Crippen LogP contribution in [-0.4, -0.2) is 17.8 Å². The van der Waals surface area contributed by atoms with Crippen molar-refractivity contribution in [3.05, 3.63) is 29.8 Å². The Labute approximate surface area is 116 Å². The van der Waals surface area contributed by atoms with E-state index >= 15 is 0 Å². The Morgan fingerprint density at radius 3 is 2.83 bits per heavy atom. The summed E-state index contributed by atoms with van der Waals surface area (Å²) in [4.78, 5) is 1.44. The van der Waals surface area contributed by atoms with E-state index in [1.54, 1.807) is 0 Å². The number of hydrogen-bond acceptors (Lipinski definition) is 2. The van der Waals surface area contributed by atoms with Crippen LogP contribution in [0.1, 0.15) is 44.6 Å². The van der Waals surface area contributed by atoms with Gasteiger partial charge in [0.25, 0.3) is 0 Å². The molecule has 18 heavy (non-hydrogen) atoms. The summed E-state index contributed by atoms with van der Waals surface area (Å²) in [6.45, 7) is 5.49. The van der Waals surface area contributed by atoms with E-state index in [1.165, 1.54) is 42.6 Å². The van der Waals surface area contributed by atoms with Gasteiger partial charge in [-0.3, -0.25) is 0 Å². The molecular weight excluding hydrogens is 238 g/mol. The first kappa shape index (κ1) is 14.0. The summed E-state index contributed by atoms with van der Waals surface area (Å²) in [6.07, 6.45) is 6.90. The minimum Gasteiger partial charge on any atom is -0.313 e. The van der Waals surface area contributed by atoms with Crippen LogP contribution in [0.15, 0.2) is 29.2 Å². The maximum absolute atomic E-state index is 3.69. The second-order valence-corrected chi connectivity index (χ2v) is 6.59. The van der Waals surface area contributed by atoms with Gasteiger partial charge in [0, 0.05) is 16.2 Å². The molecule has 2 atom stereocenters. The van der Waals surface area contributed by atoms with Crippen molar-refractivity contribution in [3.63, 3.8) is 0 Å². The predicted octanol–water partition coefficient (Wildman–Crippen LogP) is 4.40. The van der Waals surface area contributed by atoms with Gasteiger partial charge in [0.15, 0.2) is 0 Å². The van der Waals surface area contributed by atoms with E-state index in [0.717, 1.165) is 11.8 Å². The van der Waals surface area contributed by atoms with Gasteiger partial charge in [0.05, 0.1) is 0 Å². The quantitative estimate of drug-likeness (QED) is 0.808. The van der Waals surface area contributed by atoms with Gasteiger partial charge in [-0.25, -0.2) is 0 Å². The van der Waals surface area contributed by atoms with Crippen LogP contribution in [0.5, 0.6) is 0 Å². The highest BCUT2D eigenvalue weighted by Crippen LogP contribution is 2.33. The predicted molar refractivity (Wildman–Crippen MR) is 81.4 cm³/mol. The highest BCUT2D eigenvalue weighted by molar-refractivity contribution is 8.00. The van der Waals surface area contributed by atoms with Crippen molar-refractivity contribution in [3.8, 4) is 0 Å². The fourth-order valence-electron chi connectivity index (χ4n) is 2.77. The van der Waals surface area contributed by atoms with Crippen LogP contribution in [0.2, 0.25) is 0 Å². The van der Waals surface area contributed by atoms with Gasteiger partial charge >= 0.3 is 0 Å². The van der Waals surface area contributed by atoms with Crippen LogP contribution in [0, 0.1) is 6.92 Å². The summed E-state index contributed by atoms with van der Waals surface area (Å²) >= 11 is 2.08. The van der Waals surface area contributed by atoms with Crippen molar-refractivity contribution in [2.24, 2.45) is 0 Å². The Balaban J connectivity index is 2.03. The summed E-state index contributed by atoms with van der Waals surface area (Å²) in [5, 5.41) is 4.43. The van der Waals surface area contributed by atoms with Crippen LogP contribution in [-0.2, 0) is 0 Å². The highest BCUT2D eigenvalue weighted by atomic mass is 32.2. The molecule has 0 spiro atoms. The standard InChI is InChI=1S/C16H25NS/c1-3-17-15-10-5-4-6-11-16(15)18-14-9-7-8-13(2)12-14/h7-9,12,15-17H,3-6,10-11H2,1-2H3. The van der Waals surface area contributed by atoms with Crippen molar-refractivity contribution in [2.45, 2.75) is 62.1 Å². The number of hydrogen-bond donors (Lipinski definition) is 1. The van der Waals surface area contributed by atoms with Crippen molar-refractivity contribution >= 4 is 11.8 Å². The van der Waals surface area contributed by atoms with E-state index in [0.29, 0.717) is 6.04 Å². The maximum Gasteiger partial charge on any atom is 0.0248 e. The number of thioether (sulfide) groups is 1. The molecule has 0 aromatic heterocycles. The van der Waals surface area contributed by atoms with Crippen LogP contribution < -0.4 is 5.32 Å². The van der Waals surface area contributed by atoms with E-state index in [2.05, 4.69) is 55.2 Å². The van der Waals surface area contributed by atoms with Gasteiger partial charge in [0.1, 0.15) is 0 Å². The molecule has 1 aliphatic carbocycles. The molecule has 0 heterocycles. The molecule has 0 aliphatic heterocycles. The topological polar surface area (TPSA) is 12.0 Å². The first-order chi connectivity index (χ1) is 8.79. The number of benzene rings is 1. The molecule has 2 rings (SSSR count). The van der Waals surface area contributed by atoms with Crippen molar-refractivity contribution in [1.82, 2.24) is 5.32 Å². The Morgan fingerprint density at radius 1 is 1.22 bits per heavy atom.